The third kappa shape index (κ3) is 3.02. The van der Waals surface area contributed by atoms with Gasteiger partial charge in [-0.05, 0) is 51.0 Å². The number of hydrogen-bond acceptors (Lipinski definition) is 3. The van der Waals surface area contributed by atoms with Crippen molar-refractivity contribution in [1.29, 1.82) is 5.41 Å². The monoisotopic (exact) mass is 285 g/mol. The van der Waals surface area contributed by atoms with Crippen LogP contribution in [0.5, 0.6) is 0 Å². The number of benzene rings is 1. The van der Waals surface area contributed by atoms with Crippen molar-refractivity contribution in [1.82, 2.24) is 4.98 Å². The molecule has 0 amide bonds. The maximum Gasteiger partial charge on any atom is 0.125 e. The molecular weight excluding hydrogens is 266 g/mol. The third-order valence-corrected chi connectivity index (χ3v) is 4.28. The van der Waals surface area contributed by atoms with E-state index in [1.54, 1.807) is 11.8 Å². The molecule has 2 rings (SSSR count). The van der Waals surface area contributed by atoms with Gasteiger partial charge in [0.1, 0.15) is 10.9 Å². The number of rotatable bonds is 3. The van der Waals surface area contributed by atoms with Crippen molar-refractivity contribution in [2.45, 2.75) is 37.6 Å². The number of pyridine rings is 1. The molecule has 0 saturated heterocycles. The molecule has 0 aliphatic rings. The van der Waals surface area contributed by atoms with Crippen LogP contribution in [0.15, 0.2) is 34.2 Å². The first-order valence-electron chi connectivity index (χ1n) is 6.46. The van der Waals surface area contributed by atoms with E-state index in [0.717, 1.165) is 26.7 Å². The van der Waals surface area contributed by atoms with Crippen molar-refractivity contribution >= 4 is 17.6 Å². The fraction of sp³-hybridized carbons (Fsp3) is 0.250. The molecule has 0 saturated carbocycles. The summed E-state index contributed by atoms with van der Waals surface area (Å²) in [5, 5.41) is 8.57. The number of aryl methyl sites for hydroxylation is 4. The van der Waals surface area contributed by atoms with Gasteiger partial charge >= 0.3 is 0 Å². The first-order valence-corrected chi connectivity index (χ1v) is 7.28. The molecule has 0 aliphatic heterocycles. The van der Waals surface area contributed by atoms with E-state index < -0.39 is 0 Å². The number of nitrogens with one attached hydrogen (secondary N) is 1. The Bertz CT molecular complexity index is 678. The van der Waals surface area contributed by atoms with E-state index in [1.165, 1.54) is 11.1 Å². The molecule has 2 aromatic rings. The minimum absolute atomic E-state index is 0.0715. The average Bonchev–Trinajstić information content (AvgIpc) is 2.31. The van der Waals surface area contributed by atoms with Gasteiger partial charge in [0.05, 0.1) is 5.56 Å². The first kappa shape index (κ1) is 14.6. The summed E-state index contributed by atoms with van der Waals surface area (Å²) in [5.41, 5.74) is 10.8. The van der Waals surface area contributed by atoms with Gasteiger partial charge in [0.25, 0.3) is 0 Å². The Morgan fingerprint density at radius 2 is 1.80 bits per heavy atom. The smallest absolute Gasteiger partial charge is 0.125 e. The molecule has 0 radical (unpaired) electrons. The second-order valence-electron chi connectivity index (χ2n) is 5.05. The number of amidine groups is 1. The van der Waals surface area contributed by atoms with E-state index in [9.17, 15) is 0 Å². The Labute approximate surface area is 124 Å². The van der Waals surface area contributed by atoms with E-state index in [2.05, 4.69) is 37.0 Å². The minimum Gasteiger partial charge on any atom is -0.384 e. The molecule has 4 heteroatoms. The summed E-state index contributed by atoms with van der Waals surface area (Å²) in [5.74, 6) is 0.0715. The lowest BCUT2D eigenvalue weighted by atomic mass is 10.1. The Kier molecular flexibility index (Phi) is 4.14. The van der Waals surface area contributed by atoms with Crippen LogP contribution in [-0.4, -0.2) is 10.8 Å². The maximum absolute atomic E-state index is 7.77. The molecule has 104 valence electrons. The quantitative estimate of drug-likeness (QED) is 0.667. The highest BCUT2D eigenvalue weighted by Crippen LogP contribution is 2.33. The van der Waals surface area contributed by atoms with Crippen molar-refractivity contribution in [2.75, 3.05) is 0 Å². The molecule has 1 aromatic carbocycles. The fourth-order valence-corrected chi connectivity index (χ4v) is 3.35. The topological polar surface area (TPSA) is 62.8 Å². The summed E-state index contributed by atoms with van der Waals surface area (Å²) in [4.78, 5) is 5.70. The number of nitrogen functional groups attached to an aromatic ring is 1. The molecule has 20 heavy (non-hydrogen) atoms. The standard InChI is InChI=1S/C16H19N3S/c1-9-5-6-13(10(2)7-9)20-16-14(15(17)18)11(3)8-12(4)19-16/h5-8H,1-4H3,(H3,17,18). The summed E-state index contributed by atoms with van der Waals surface area (Å²) < 4.78 is 0. The molecule has 0 spiro atoms. The van der Waals surface area contributed by atoms with Crippen molar-refractivity contribution < 1.29 is 0 Å². The molecule has 0 bridgehead atoms. The maximum atomic E-state index is 7.77. The highest BCUT2D eigenvalue weighted by atomic mass is 32.2. The van der Waals surface area contributed by atoms with Gasteiger partial charge in [-0.2, -0.15) is 0 Å². The molecule has 0 fully saturated rings. The van der Waals surface area contributed by atoms with Crippen LogP contribution in [0.3, 0.4) is 0 Å². The Morgan fingerprint density at radius 3 is 2.40 bits per heavy atom. The van der Waals surface area contributed by atoms with Gasteiger partial charge in [-0.1, -0.05) is 29.5 Å². The molecule has 0 atom stereocenters. The van der Waals surface area contributed by atoms with E-state index in [-0.39, 0.29) is 5.84 Å². The molecule has 3 N–H and O–H groups in total. The van der Waals surface area contributed by atoms with Crippen LogP contribution >= 0.6 is 11.8 Å². The van der Waals surface area contributed by atoms with Crippen molar-refractivity contribution in [3.8, 4) is 0 Å². The number of aromatic nitrogens is 1. The predicted octanol–water partition coefficient (Wildman–Crippen LogP) is 3.75. The predicted molar refractivity (Wildman–Crippen MR) is 84.8 cm³/mol. The highest BCUT2D eigenvalue weighted by Gasteiger charge is 2.14. The zero-order chi connectivity index (χ0) is 14.9. The highest BCUT2D eigenvalue weighted by molar-refractivity contribution is 7.99. The summed E-state index contributed by atoms with van der Waals surface area (Å²) in [6.07, 6.45) is 0. The van der Waals surface area contributed by atoms with E-state index in [1.807, 2.05) is 19.9 Å². The number of nitrogens with zero attached hydrogens (tertiary/aromatic N) is 1. The number of nitrogens with two attached hydrogens (primary N) is 1. The van der Waals surface area contributed by atoms with Gasteiger partial charge in [0.2, 0.25) is 0 Å². The van der Waals surface area contributed by atoms with Crippen molar-refractivity contribution in [2.24, 2.45) is 5.73 Å². The van der Waals surface area contributed by atoms with Crippen LogP contribution in [0.2, 0.25) is 0 Å². The molecule has 1 aromatic heterocycles. The van der Waals surface area contributed by atoms with Gasteiger partial charge in [0.15, 0.2) is 0 Å². The van der Waals surface area contributed by atoms with Crippen LogP contribution in [0.1, 0.15) is 27.9 Å². The second-order valence-corrected chi connectivity index (χ2v) is 6.08. The SMILES string of the molecule is Cc1ccc(Sc2nc(C)cc(C)c2C(=N)N)c(C)c1. The molecule has 3 nitrogen and oxygen atoms in total. The first-order chi connectivity index (χ1) is 9.38. The van der Waals surface area contributed by atoms with E-state index in [0.29, 0.717) is 0 Å². The van der Waals surface area contributed by atoms with Gasteiger partial charge in [-0.15, -0.1) is 0 Å². The largest absolute Gasteiger partial charge is 0.384 e. The zero-order valence-corrected chi connectivity index (χ0v) is 13.1. The molecule has 1 heterocycles. The van der Waals surface area contributed by atoms with Crippen LogP contribution < -0.4 is 5.73 Å². The molecule has 0 aliphatic carbocycles. The van der Waals surface area contributed by atoms with Gasteiger partial charge in [-0.25, -0.2) is 4.98 Å². The van der Waals surface area contributed by atoms with Crippen molar-refractivity contribution in [3.63, 3.8) is 0 Å². The van der Waals surface area contributed by atoms with Gasteiger partial charge in [-0.3, -0.25) is 5.41 Å². The lowest BCUT2D eigenvalue weighted by Gasteiger charge is -2.13. The van der Waals surface area contributed by atoms with Crippen LogP contribution in [-0.2, 0) is 0 Å². The average molecular weight is 285 g/mol. The number of hydrogen-bond donors (Lipinski definition) is 2. The Hall–Kier alpha value is -1.81. The van der Waals surface area contributed by atoms with Crippen LogP contribution in [0.4, 0.5) is 0 Å². The Balaban J connectivity index is 2.50. The summed E-state index contributed by atoms with van der Waals surface area (Å²) in [6.45, 7) is 8.10. The lowest BCUT2D eigenvalue weighted by molar-refractivity contribution is 1.03. The van der Waals surface area contributed by atoms with E-state index >= 15 is 0 Å². The molecular formula is C16H19N3S. The van der Waals surface area contributed by atoms with Gasteiger partial charge in [0, 0.05) is 10.6 Å². The summed E-state index contributed by atoms with van der Waals surface area (Å²) in [7, 11) is 0. The van der Waals surface area contributed by atoms with Crippen molar-refractivity contribution in [3.05, 3.63) is 52.2 Å². The Morgan fingerprint density at radius 1 is 1.10 bits per heavy atom. The second kappa shape index (κ2) is 5.67. The van der Waals surface area contributed by atoms with E-state index in [4.69, 9.17) is 11.1 Å². The third-order valence-electron chi connectivity index (χ3n) is 3.12. The lowest BCUT2D eigenvalue weighted by Crippen LogP contribution is -2.15. The van der Waals surface area contributed by atoms with Crippen LogP contribution in [0.25, 0.3) is 0 Å². The summed E-state index contributed by atoms with van der Waals surface area (Å²) >= 11 is 1.57. The molecule has 0 unspecified atom stereocenters. The zero-order valence-electron chi connectivity index (χ0n) is 12.2. The van der Waals surface area contributed by atoms with Crippen LogP contribution in [0, 0.1) is 33.1 Å². The minimum atomic E-state index is 0.0715. The van der Waals surface area contributed by atoms with Gasteiger partial charge < -0.3 is 5.73 Å². The normalized spacial score (nSPS) is 10.6. The summed E-state index contributed by atoms with van der Waals surface area (Å²) in [6, 6.07) is 8.30. The fourth-order valence-electron chi connectivity index (χ4n) is 2.22.